The van der Waals surface area contributed by atoms with Crippen LogP contribution in [0.5, 0.6) is 0 Å². The number of anilines is 1. The molecule has 0 atom stereocenters. The molecule has 0 saturated carbocycles. The van der Waals surface area contributed by atoms with Gasteiger partial charge in [-0.15, -0.1) is 37.3 Å². The number of carbonyl (C=O) groups is 1. The third-order valence-corrected chi connectivity index (χ3v) is 8.27. The maximum absolute atomic E-state index is 12.0. The van der Waals surface area contributed by atoms with Crippen molar-refractivity contribution < 1.29 is 35.7 Å². The summed E-state index contributed by atoms with van der Waals surface area (Å²) in [5, 5.41) is 19.4. The molecule has 0 saturated heterocycles. The molecule has 1 N–H and O–H groups in total. The van der Waals surface area contributed by atoms with Gasteiger partial charge in [-0.05, 0) is 37.1 Å². The van der Waals surface area contributed by atoms with Gasteiger partial charge in [0.1, 0.15) is 0 Å². The summed E-state index contributed by atoms with van der Waals surface area (Å²) in [6.45, 7) is 3.18. The minimum absolute atomic E-state index is 0. The van der Waals surface area contributed by atoms with Crippen LogP contribution in [0, 0.1) is 6.04 Å². The molecular weight excluding hydrogens is 809 g/mol. The van der Waals surface area contributed by atoms with E-state index in [1.54, 1.807) is 0 Å². The van der Waals surface area contributed by atoms with Gasteiger partial charge < -0.3 is 20.6 Å². The molecule has 0 radical (unpaired) electrons. The zero-order valence-electron chi connectivity index (χ0n) is 29.6. The molecule has 0 spiro atoms. The number of allylic oxidation sites excluding steroid dienone is 10. The van der Waals surface area contributed by atoms with Gasteiger partial charge in [0.15, 0.2) is 0 Å². The molecule has 266 valence electrons. The van der Waals surface area contributed by atoms with Crippen LogP contribution in [0.4, 0.5) is 10.5 Å². The number of para-hydroxylation sites is 1. The Kier molecular flexibility index (Phi) is 17.6. The van der Waals surface area contributed by atoms with Crippen molar-refractivity contribution in [1.82, 2.24) is 0 Å². The van der Waals surface area contributed by atoms with E-state index in [0.29, 0.717) is 18.5 Å². The van der Waals surface area contributed by atoms with E-state index in [1.165, 1.54) is 4.90 Å². The number of hydrogen-bond acceptors (Lipinski definition) is 3. The Balaban J connectivity index is 0.000000228. The van der Waals surface area contributed by atoms with Crippen LogP contribution >= 0.6 is 0 Å². The van der Waals surface area contributed by atoms with E-state index in [9.17, 15) is 9.90 Å². The molecule has 1 amide bonds. The topological polar surface area (TPSA) is 93.5 Å². The van der Waals surface area contributed by atoms with Gasteiger partial charge >= 0.3 is 6.09 Å². The van der Waals surface area contributed by atoms with Gasteiger partial charge in [0, 0.05) is 56.0 Å². The molecule has 7 nitrogen and oxygen atoms in total. The Labute approximate surface area is 327 Å². The van der Waals surface area contributed by atoms with Gasteiger partial charge in [-0.3, -0.25) is 9.98 Å². The van der Waals surface area contributed by atoms with Crippen molar-refractivity contribution in [3.8, 4) is 0 Å². The summed E-state index contributed by atoms with van der Waals surface area (Å²) >= 11 is 0. The van der Waals surface area contributed by atoms with Gasteiger partial charge in [0.2, 0.25) is 0 Å². The monoisotopic (exact) mass is 856 g/mol. The normalized spacial score (nSPS) is 15.9. The number of amides is 1. The van der Waals surface area contributed by atoms with Gasteiger partial charge in [-0.1, -0.05) is 151 Å². The molecule has 6 rings (SSSR count). The molecule has 1 heterocycles. The van der Waals surface area contributed by atoms with Crippen molar-refractivity contribution in [3.05, 3.63) is 191 Å². The van der Waals surface area contributed by atoms with E-state index < -0.39 is 6.09 Å². The molecule has 8 heteroatoms. The van der Waals surface area contributed by atoms with Crippen molar-refractivity contribution in [2.45, 2.75) is 38.5 Å². The minimum Gasteiger partial charge on any atom is -0.683 e. The Morgan fingerprint density at radius 2 is 1.10 bits per heavy atom. The van der Waals surface area contributed by atoms with Crippen LogP contribution in [-0.2, 0) is 38.7 Å². The number of carboxylic acid groups (broad SMARTS) is 1. The number of benzene rings is 3. The number of rotatable bonds is 6. The van der Waals surface area contributed by atoms with Crippen LogP contribution in [-0.4, -0.2) is 48.8 Å². The first kappa shape index (κ1) is 40.0. The predicted octanol–water partition coefficient (Wildman–Crippen LogP) is 10.4. The average molecular weight is 855 g/mol. The Morgan fingerprint density at radius 1 is 0.615 bits per heavy atom. The molecule has 1 aliphatic heterocycles. The molecule has 52 heavy (non-hydrogen) atoms. The third kappa shape index (κ3) is 13.4. The van der Waals surface area contributed by atoms with Crippen LogP contribution in [0.15, 0.2) is 173 Å². The fourth-order valence-corrected chi connectivity index (χ4v) is 5.75. The van der Waals surface area contributed by atoms with Crippen LogP contribution < -0.4 is 4.90 Å². The maximum atomic E-state index is 12.0. The van der Waals surface area contributed by atoms with E-state index >= 15 is 0 Å². The standard InChI is InChI=1S/C22H26N4.C22H20NO2.Hf/c1-4-11-19-21(13-6-1)25-17-10-18-26-22-14-7-2-5-12-20(22)24-16-9-3-8-15-23-19;24-22(25)23(20-14-8-3-9-15-20)21(16-18-10-4-1-5-11-18)17-19-12-6-2-7-13-19;/h1-2,4-7,11-14H,3,8-10,15-18H2;1-15H,16-17H2,(H,24,25);/q-2;-1;. The summed E-state index contributed by atoms with van der Waals surface area (Å²) < 4.78 is 0. The molecular formula is C44H46HfN5O2-3. The zero-order valence-corrected chi connectivity index (χ0v) is 33.2. The number of nitrogens with zero attached hydrogens (tertiary/aromatic N) is 5. The molecule has 3 aromatic rings. The first-order valence-corrected chi connectivity index (χ1v) is 17.7. The van der Waals surface area contributed by atoms with E-state index in [1.807, 2.05) is 140 Å². The third-order valence-electron chi connectivity index (χ3n) is 8.27. The smallest absolute Gasteiger partial charge is 0.382 e. The molecule has 0 bridgehead atoms. The quantitative estimate of drug-likeness (QED) is 0.198. The summed E-state index contributed by atoms with van der Waals surface area (Å²) in [5.41, 5.74) is 6.78. The van der Waals surface area contributed by atoms with Crippen LogP contribution in [0.3, 0.4) is 0 Å². The molecule has 0 aromatic heterocycles. The maximum Gasteiger partial charge on any atom is 0.382 e. The second-order valence-electron chi connectivity index (χ2n) is 12.1. The summed E-state index contributed by atoms with van der Waals surface area (Å²) in [4.78, 5) is 22.9. The Hall–Kier alpha value is -4.82. The van der Waals surface area contributed by atoms with Crippen LogP contribution in [0.2, 0.25) is 0 Å². The molecule has 0 unspecified atom stereocenters. The van der Waals surface area contributed by atoms with Gasteiger partial charge in [0.25, 0.3) is 0 Å². The SMILES string of the molecule is C1=CC=C2[N-]CCCCCN=C3C=CC=CC=C3[N-]CCCN=C2C=C1.O=C(O)N(c1ccccc1)[C-](Cc1ccccc1)Cc1ccccc1.[Hf]. The Bertz CT molecular complexity index is 1740. The summed E-state index contributed by atoms with van der Waals surface area (Å²) in [5.74, 6) is 0. The fraction of sp³-hybridized carbons (Fsp3) is 0.227. The second-order valence-corrected chi connectivity index (χ2v) is 12.1. The van der Waals surface area contributed by atoms with Gasteiger partial charge in [-0.2, -0.15) is 0 Å². The molecule has 3 aliphatic rings. The fourth-order valence-electron chi connectivity index (χ4n) is 5.75. The molecule has 2 aliphatic carbocycles. The van der Waals surface area contributed by atoms with Crippen molar-refractivity contribution in [2.24, 2.45) is 9.98 Å². The largest absolute Gasteiger partial charge is 0.683 e. The van der Waals surface area contributed by atoms with Gasteiger partial charge in [0.05, 0.1) is 0 Å². The average Bonchev–Trinajstić information content (AvgIpc) is 3.52. The van der Waals surface area contributed by atoms with Gasteiger partial charge in [-0.25, -0.2) is 10.8 Å². The molecule has 0 fully saturated rings. The number of fused-ring (bicyclic) bond motifs is 2. The van der Waals surface area contributed by atoms with E-state index in [-0.39, 0.29) is 25.8 Å². The second kappa shape index (κ2) is 22.9. The first-order valence-electron chi connectivity index (χ1n) is 17.7. The van der Waals surface area contributed by atoms with E-state index in [2.05, 4.69) is 12.2 Å². The minimum atomic E-state index is -0.965. The summed E-state index contributed by atoms with van der Waals surface area (Å²) in [6.07, 6.45) is 24.8. The summed E-state index contributed by atoms with van der Waals surface area (Å²) in [6, 6.07) is 30.0. The summed E-state index contributed by atoms with van der Waals surface area (Å²) in [7, 11) is 0. The van der Waals surface area contributed by atoms with Crippen molar-refractivity contribution in [1.29, 1.82) is 0 Å². The van der Waals surface area contributed by atoms with Crippen molar-refractivity contribution in [3.63, 3.8) is 0 Å². The van der Waals surface area contributed by atoms with Crippen molar-refractivity contribution in [2.75, 3.05) is 31.1 Å². The first-order chi connectivity index (χ1) is 25.2. The van der Waals surface area contributed by atoms with E-state index in [4.69, 9.17) is 20.6 Å². The van der Waals surface area contributed by atoms with Crippen LogP contribution in [0.1, 0.15) is 36.8 Å². The zero-order chi connectivity index (χ0) is 35.4. The number of hydrogen-bond donors (Lipinski definition) is 1. The van der Waals surface area contributed by atoms with Crippen molar-refractivity contribution >= 4 is 23.2 Å². The Morgan fingerprint density at radius 3 is 1.62 bits per heavy atom. The van der Waals surface area contributed by atoms with E-state index in [0.717, 1.165) is 91.8 Å². The number of aliphatic imine (C=N–C) groups is 2. The predicted molar refractivity (Wildman–Crippen MR) is 213 cm³/mol. The van der Waals surface area contributed by atoms with Crippen LogP contribution in [0.25, 0.3) is 10.6 Å². The molecule has 3 aromatic carbocycles.